The molecule has 24 heavy (non-hydrogen) atoms. The number of rotatable bonds is 3. The molecule has 0 aliphatic carbocycles. The quantitative estimate of drug-likeness (QED) is 0.918. The number of benzene rings is 2. The van der Waals surface area contributed by atoms with Crippen molar-refractivity contribution in [1.29, 1.82) is 0 Å². The lowest BCUT2D eigenvalue weighted by Crippen LogP contribution is -2.28. The molecule has 2 aromatic rings. The Morgan fingerprint density at radius 3 is 2.38 bits per heavy atom. The minimum atomic E-state index is -0.353. The van der Waals surface area contributed by atoms with Gasteiger partial charge >= 0.3 is 0 Å². The lowest BCUT2D eigenvalue weighted by molar-refractivity contribution is -0.122. The lowest BCUT2D eigenvalue weighted by Gasteiger charge is -2.17. The van der Waals surface area contributed by atoms with E-state index in [0.717, 1.165) is 22.5 Å². The van der Waals surface area contributed by atoms with Crippen molar-refractivity contribution in [2.45, 2.75) is 20.3 Å². The lowest BCUT2D eigenvalue weighted by atomic mass is 10.1. The first-order valence-corrected chi connectivity index (χ1v) is 8.25. The molecule has 1 N–H and O–H groups in total. The molecule has 1 saturated heterocycles. The molecule has 1 atom stereocenters. The minimum absolute atomic E-state index is 0.0436. The van der Waals surface area contributed by atoms with E-state index in [-0.39, 0.29) is 24.2 Å². The standard InChI is InChI=1S/C19H19ClN2O2/c1-12-7-13(2)9-16(8-12)21-19(24)14-10-18(23)22(11-14)17-5-3-15(20)4-6-17/h3-9,14H,10-11H2,1-2H3,(H,21,24). The zero-order chi connectivity index (χ0) is 17.3. The van der Waals surface area contributed by atoms with Gasteiger partial charge in [-0.2, -0.15) is 0 Å². The Hall–Kier alpha value is -2.33. The third-order valence-corrected chi connectivity index (χ3v) is 4.38. The van der Waals surface area contributed by atoms with Crippen LogP contribution in [0.3, 0.4) is 0 Å². The number of carbonyl (C=O) groups excluding carboxylic acids is 2. The molecule has 1 aliphatic rings. The van der Waals surface area contributed by atoms with Crippen molar-refractivity contribution in [3.8, 4) is 0 Å². The molecule has 0 radical (unpaired) electrons. The maximum absolute atomic E-state index is 12.5. The zero-order valence-corrected chi connectivity index (χ0v) is 14.4. The molecule has 124 valence electrons. The van der Waals surface area contributed by atoms with Crippen LogP contribution in [0.25, 0.3) is 0 Å². The van der Waals surface area contributed by atoms with Crippen LogP contribution in [-0.2, 0) is 9.59 Å². The van der Waals surface area contributed by atoms with Gasteiger partial charge in [-0.15, -0.1) is 0 Å². The van der Waals surface area contributed by atoms with E-state index in [1.54, 1.807) is 29.2 Å². The molecule has 0 bridgehead atoms. The van der Waals surface area contributed by atoms with Gasteiger partial charge in [0.1, 0.15) is 0 Å². The van der Waals surface area contributed by atoms with Crippen LogP contribution in [-0.4, -0.2) is 18.4 Å². The maximum Gasteiger partial charge on any atom is 0.229 e. The largest absolute Gasteiger partial charge is 0.326 e. The summed E-state index contributed by atoms with van der Waals surface area (Å²) in [5, 5.41) is 3.55. The van der Waals surface area contributed by atoms with Gasteiger partial charge in [0.2, 0.25) is 11.8 Å². The van der Waals surface area contributed by atoms with E-state index in [4.69, 9.17) is 11.6 Å². The van der Waals surface area contributed by atoms with Gasteiger partial charge in [-0.05, 0) is 61.4 Å². The molecule has 1 heterocycles. The molecule has 4 nitrogen and oxygen atoms in total. The fourth-order valence-corrected chi connectivity index (χ4v) is 3.17. The number of aryl methyl sites for hydroxylation is 2. The van der Waals surface area contributed by atoms with Crippen LogP contribution >= 0.6 is 11.6 Å². The Labute approximate surface area is 146 Å². The molecule has 1 aliphatic heterocycles. The molecule has 0 saturated carbocycles. The average molecular weight is 343 g/mol. The summed E-state index contributed by atoms with van der Waals surface area (Å²) in [6.07, 6.45) is 0.221. The number of anilines is 2. The van der Waals surface area contributed by atoms with Gasteiger partial charge in [0.15, 0.2) is 0 Å². The summed E-state index contributed by atoms with van der Waals surface area (Å²) in [6.45, 7) is 4.37. The molecular formula is C19H19ClN2O2. The number of nitrogens with zero attached hydrogens (tertiary/aromatic N) is 1. The fraction of sp³-hybridized carbons (Fsp3) is 0.263. The van der Waals surface area contributed by atoms with Crippen molar-refractivity contribution in [2.24, 2.45) is 5.92 Å². The number of carbonyl (C=O) groups is 2. The van der Waals surface area contributed by atoms with Gasteiger partial charge < -0.3 is 10.2 Å². The molecule has 0 spiro atoms. The molecule has 1 unspecified atom stereocenters. The smallest absolute Gasteiger partial charge is 0.229 e. The summed E-state index contributed by atoms with van der Waals surface area (Å²) in [7, 11) is 0. The highest BCUT2D eigenvalue weighted by molar-refractivity contribution is 6.30. The van der Waals surface area contributed by atoms with Crippen LogP contribution in [0.2, 0.25) is 5.02 Å². The SMILES string of the molecule is Cc1cc(C)cc(NC(=O)C2CC(=O)N(c3ccc(Cl)cc3)C2)c1. The number of amides is 2. The third-order valence-electron chi connectivity index (χ3n) is 4.12. The molecule has 2 amide bonds. The predicted octanol–water partition coefficient (Wildman–Crippen LogP) is 3.95. The highest BCUT2D eigenvalue weighted by atomic mass is 35.5. The van der Waals surface area contributed by atoms with E-state index in [1.165, 1.54) is 0 Å². The molecule has 0 aromatic heterocycles. The summed E-state index contributed by atoms with van der Waals surface area (Å²) in [5.74, 6) is -0.517. The molecular weight excluding hydrogens is 324 g/mol. The Morgan fingerprint density at radius 2 is 1.75 bits per heavy atom. The second-order valence-corrected chi connectivity index (χ2v) is 6.68. The first-order valence-electron chi connectivity index (χ1n) is 7.87. The van der Waals surface area contributed by atoms with Gasteiger partial charge in [0.25, 0.3) is 0 Å². The second-order valence-electron chi connectivity index (χ2n) is 6.25. The van der Waals surface area contributed by atoms with Crippen LogP contribution in [0, 0.1) is 19.8 Å². The van der Waals surface area contributed by atoms with Gasteiger partial charge in [0, 0.05) is 29.4 Å². The summed E-state index contributed by atoms with van der Waals surface area (Å²) in [4.78, 5) is 26.4. The van der Waals surface area contributed by atoms with E-state index in [0.29, 0.717) is 11.6 Å². The Kier molecular flexibility index (Phi) is 4.58. The second kappa shape index (κ2) is 6.65. The van der Waals surface area contributed by atoms with Gasteiger partial charge in [0.05, 0.1) is 5.92 Å². The summed E-state index contributed by atoms with van der Waals surface area (Å²) >= 11 is 5.88. The summed E-state index contributed by atoms with van der Waals surface area (Å²) in [6, 6.07) is 13.0. The zero-order valence-electron chi connectivity index (χ0n) is 13.7. The van der Waals surface area contributed by atoms with Gasteiger partial charge in [-0.1, -0.05) is 17.7 Å². The van der Waals surface area contributed by atoms with E-state index in [1.807, 2.05) is 26.0 Å². The number of hydrogen-bond donors (Lipinski definition) is 1. The van der Waals surface area contributed by atoms with E-state index in [2.05, 4.69) is 11.4 Å². The first-order chi connectivity index (χ1) is 11.4. The van der Waals surface area contributed by atoms with Crippen molar-refractivity contribution < 1.29 is 9.59 Å². The fourth-order valence-electron chi connectivity index (χ4n) is 3.04. The van der Waals surface area contributed by atoms with Crippen molar-refractivity contribution in [1.82, 2.24) is 0 Å². The van der Waals surface area contributed by atoms with Crippen LogP contribution in [0.1, 0.15) is 17.5 Å². The molecule has 3 rings (SSSR count). The van der Waals surface area contributed by atoms with Crippen LogP contribution in [0.5, 0.6) is 0 Å². The average Bonchev–Trinajstić information content (AvgIpc) is 2.89. The predicted molar refractivity (Wildman–Crippen MR) is 96.5 cm³/mol. The van der Waals surface area contributed by atoms with E-state index >= 15 is 0 Å². The molecule has 2 aromatic carbocycles. The first kappa shape index (κ1) is 16.5. The van der Waals surface area contributed by atoms with Crippen molar-refractivity contribution in [3.05, 3.63) is 58.6 Å². The van der Waals surface area contributed by atoms with Crippen LogP contribution < -0.4 is 10.2 Å². The van der Waals surface area contributed by atoms with Crippen molar-refractivity contribution in [3.63, 3.8) is 0 Å². The monoisotopic (exact) mass is 342 g/mol. The summed E-state index contributed by atoms with van der Waals surface area (Å²) in [5.41, 5.74) is 3.73. The molecule has 1 fully saturated rings. The van der Waals surface area contributed by atoms with Crippen LogP contribution in [0.4, 0.5) is 11.4 Å². The normalized spacial score (nSPS) is 17.2. The topological polar surface area (TPSA) is 49.4 Å². The van der Waals surface area contributed by atoms with Crippen LogP contribution in [0.15, 0.2) is 42.5 Å². The third kappa shape index (κ3) is 3.60. The Morgan fingerprint density at radius 1 is 1.12 bits per heavy atom. The minimum Gasteiger partial charge on any atom is -0.326 e. The number of halogens is 1. The Bertz CT molecular complexity index is 766. The summed E-state index contributed by atoms with van der Waals surface area (Å²) < 4.78 is 0. The van der Waals surface area contributed by atoms with Gasteiger partial charge in [-0.3, -0.25) is 9.59 Å². The number of hydrogen-bond acceptors (Lipinski definition) is 2. The van der Waals surface area contributed by atoms with Gasteiger partial charge in [-0.25, -0.2) is 0 Å². The highest BCUT2D eigenvalue weighted by Gasteiger charge is 2.35. The number of nitrogens with one attached hydrogen (secondary N) is 1. The maximum atomic E-state index is 12.5. The van der Waals surface area contributed by atoms with Crippen molar-refractivity contribution in [2.75, 3.05) is 16.8 Å². The van der Waals surface area contributed by atoms with E-state index < -0.39 is 0 Å². The molecule has 5 heteroatoms. The van der Waals surface area contributed by atoms with E-state index in [9.17, 15) is 9.59 Å². The highest BCUT2D eigenvalue weighted by Crippen LogP contribution is 2.27. The Balaban J connectivity index is 1.70. The van der Waals surface area contributed by atoms with Crippen molar-refractivity contribution >= 4 is 34.8 Å².